The van der Waals surface area contributed by atoms with E-state index in [1.165, 1.54) is 4.31 Å². The van der Waals surface area contributed by atoms with Crippen LogP contribution in [0.2, 0.25) is 0 Å². The quantitative estimate of drug-likeness (QED) is 0.618. The predicted octanol–water partition coefficient (Wildman–Crippen LogP) is -0.465. The standard InChI is InChI=1S/C11H23N3O5S/c1-18-8-5-12-9-10-3-6-14(7-4-10)20(16,17)13-11(15)19-2/h10,12H,3-9H2,1-2H3,(H,13,15). The molecule has 0 saturated carbocycles. The molecule has 0 bridgehead atoms. The molecule has 1 heterocycles. The second-order valence-electron chi connectivity index (χ2n) is 4.64. The van der Waals surface area contributed by atoms with E-state index < -0.39 is 16.3 Å². The van der Waals surface area contributed by atoms with Crippen LogP contribution in [0.4, 0.5) is 4.79 Å². The molecule has 118 valence electrons. The van der Waals surface area contributed by atoms with Crippen molar-refractivity contribution in [1.82, 2.24) is 14.3 Å². The van der Waals surface area contributed by atoms with Gasteiger partial charge in [-0.3, -0.25) is 0 Å². The second kappa shape index (κ2) is 8.40. The second-order valence-corrected chi connectivity index (χ2v) is 6.31. The van der Waals surface area contributed by atoms with Gasteiger partial charge in [0.15, 0.2) is 0 Å². The third-order valence-electron chi connectivity index (χ3n) is 3.23. The zero-order chi connectivity index (χ0) is 15.0. The van der Waals surface area contributed by atoms with E-state index in [0.29, 0.717) is 25.6 Å². The van der Waals surface area contributed by atoms with Crippen molar-refractivity contribution in [2.45, 2.75) is 12.8 Å². The van der Waals surface area contributed by atoms with E-state index in [4.69, 9.17) is 4.74 Å². The number of nitrogens with one attached hydrogen (secondary N) is 2. The molecule has 0 radical (unpaired) electrons. The van der Waals surface area contributed by atoms with Crippen LogP contribution in [0.5, 0.6) is 0 Å². The molecule has 1 fully saturated rings. The SMILES string of the molecule is COCCNCC1CCN(S(=O)(=O)NC(=O)OC)CC1. The third-order valence-corrected chi connectivity index (χ3v) is 4.70. The van der Waals surface area contributed by atoms with Crippen molar-refractivity contribution in [1.29, 1.82) is 0 Å². The summed E-state index contributed by atoms with van der Waals surface area (Å²) < 4.78 is 36.0. The van der Waals surface area contributed by atoms with Crippen molar-refractivity contribution in [3.8, 4) is 0 Å². The minimum absolute atomic E-state index is 0.406. The van der Waals surface area contributed by atoms with Gasteiger partial charge >= 0.3 is 16.3 Å². The van der Waals surface area contributed by atoms with E-state index in [0.717, 1.165) is 33.0 Å². The first-order chi connectivity index (χ1) is 9.49. The Morgan fingerprint density at radius 2 is 1.95 bits per heavy atom. The van der Waals surface area contributed by atoms with Gasteiger partial charge in [-0.2, -0.15) is 12.7 Å². The molecule has 0 aromatic heterocycles. The van der Waals surface area contributed by atoms with Gasteiger partial charge in [0.05, 0.1) is 13.7 Å². The Morgan fingerprint density at radius 1 is 1.30 bits per heavy atom. The van der Waals surface area contributed by atoms with Gasteiger partial charge < -0.3 is 14.8 Å². The molecule has 0 aromatic carbocycles. The number of rotatable bonds is 7. The van der Waals surface area contributed by atoms with Crippen LogP contribution >= 0.6 is 0 Å². The van der Waals surface area contributed by atoms with Crippen molar-refractivity contribution in [2.75, 3.05) is 47.0 Å². The molecule has 1 rings (SSSR count). The summed E-state index contributed by atoms with van der Waals surface area (Å²) in [5.41, 5.74) is 0. The highest BCUT2D eigenvalue weighted by molar-refractivity contribution is 7.87. The molecule has 9 heteroatoms. The van der Waals surface area contributed by atoms with Crippen LogP contribution in [-0.2, 0) is 19.7 Å². The van der Waals surface area contributed by atoms with Crippen LogP contribution in [-0.4, -0.2) is 65.8 Å². The highest BCUT2D eigenvalue weighted by Crippen LogP contribution is 2.18. The Hall–Kier alpha value is -0.900. The fourth-order valence-corrected chi connectivity index (χ4v) is 3.16. The van der Waals surface area contributed by atoms with Crippen LogP contribution in [0, 0.1) is 5.92 Å². The van der Waals surface area contributed by atoms with E-state index in [-0.39, 0.29) is 0 Å². The number of hydrogen-bond acceptors (Lipinski definition) is 6. The predicted molar refractivity (Wildman–Crippen MR) is 73.5 cm³/mol. The summed E-state index contributed by atoms with van der Waals surface area (Å²) in [5.74, 6) is 0.441. The Labute approximate surface area is 120 Å². The number of carbonyl (C=O) groups is 1. The molecule has 2 N–H and O–H groups in total. The van der Waals surface area contributed by atoms with Gasteiger partial charge in [0.2, 0.25) is 0 Å². The van der Waals surface area contributed by atoms with Crippen molar-refractivity contribution in [3.05, 3.63) is 0 Å². The number of ether oxygens (including phenoxy) is 2. The lowest BCUT2D eigenvalue weighted by molar-refractivity contribution is 0.176. The molecular weight excluding hydrogens is 286 g/mol. The lowest BCUT2D eigenvalue weighted by Gasteiger charge is -2.30. The first kappa shape index (κ1) is 17.2. The molecule has 0 aromatic rings. The van der Waals surface area contributed by atoms with Gasteiger partial charge in [-0.15, -0.1) is 0 Å². The molecule has 0 atom stereocenters. The number of hydrogen-bond donors (Lipinski definition) is 2. The zero-order valence-corrected chi connectivity index (χ0v) is 12.7. The van der Waals surface area contributed by atoms with Crippen LogP contribution in [0.1, 0.15) is 12.8 Å². The normalized spacial score (nSPS) is 17.9. The van der Waals surface area contributed by atoms with E-state index in [9.17, 15) is 13.2 Å². The minimum atomic E-state index is -3.78. The summed E-state index contributed by atoms with van der Waals surface area (Å²) >= 11 is 0. The van der Waals surface area contributed by atoms with Crippen molar-refractivity contribution >= 4 is 16.3 Å². The fourth-order valence-electron chi connectivity index (χ4n) is 2.05. The number of piperidine rings is 1. The zero-order valence-electron chi connectivity index (χ0n) is 11.9. The van der Waals surface area contributed by atoms with E-state index in [1.54, 1.807) is 7.11 Å². The Morgan fingerprint density at radius 3 is 2.50 bits per heavy atom. The monoisotopic (exact) mass is 309 g/mol. The molecule has 1 aliphatic heterocycles. The molecule has 1 aliphatic rings. The molecule has 0 unspecified atom stereocenters. The van der Waals surface area contributed by atoms with Gasteiger partial charge in [0.1, 0.15) is 0 Å². The topological polar surface area (TPSA) is 97.0 Å². The molecule has 1 amide bonds. The Kier molecular flexibility index (Phi) is 7.20. The average molecular weight is 309 g/mol. The van der Waals surface area contributed by atoms with Gasteiger partial charge in [-0.1, -0.05) is 0 Å². The first-order valence-electron chi connectivity index (χ1n) is 6.55. The molecule has 20 heavy (non-hydrogen) atoms. The number of amides is 1. The number of methoxy groups -OCH3 is 2. The van der Waals surface area contributed by atoms with Crippen LogP contribution in [0.25, 0.3) is 0 Å². The van der Waals surface area contributed by atoms with Crippen molar-refractivity contribution in [2.24, 2.45) is 5.92 Å². The minimum Gasteiger partial charge on any atom is -0.452 e. The molecule has 8 nitrogen and oxygen atoms in total. The maximum atomic E-state index is 11.8. The Balaban J connectivity index is 2.32. The smallest absolute Gasteiger partial charge is 0.421 e. The maximum absolute atomic E-state index is 11.8. The maximum Gasteiger partial charge on any atom is 0.421 e. The van der Waals surface area contributed by atoms with E-state index >= 15 is 0 Å². The molecular formula is C11H23N3O5S. The lowest BCUT2D eigenvalue weighted by atomic mass is 9.98. The van der Waals surface area contributed by atoms with Gasteiger partial charge in [-0.25, -0.2) is 9.52 Å². The number of nitrogens with zero attached hydrogens (tertiary/aromatic N) is 1. The lowest BCUT2D eigenvalue weighted by Crippen LogP contribution is -2.47. The third kappa shape index (κ3) is 5.61. The van der Waals surface area contributed by atoms with E-state index in [1.807, 2.05) is 4.72 Å². The summed E-state index contributed by atoms with van der Waals surface area (Å²) in [5, 5.41) is 3.27. The molecule has 0 spiro atoms. The summed E-state index contributed by atoms with van der Waals surface area (Å²) in [6, 6.07) is 0. The molecule has 0 aliphatic carbocycles. The first-order valence-corrected chi connectivity index (χ1v) is 7.99. The summed E-state index contributed by atoms with van der Waals surface area (Å²) in [6.07, 6.45) is 0.567. The van der Waals surface area contributed by atoms with Crippen LogP contribution in [0.3, 0.4) is 0 Å². The Bertz CT molecular complexity index is 393. The van der Waals surface area contributed by atoms with Gasteiger partial charge in [-0.05, 0) is 25.3 Å². The summed E-state index contributed by atoms with van der Waals surface area (Å²) in [7, 11) is -0.999. The number of carbonyl (C=O) groups excluding carboxylic acids is 1. The van der Waals surface area contributed by atoms with Crippen LogP contribution in [0.15, 0.2) is 0 Å². The summed E-state index contributed by atoms with van der Waals surface area (Å²) in [4.78, 5) is 11.0. The largest absolute Gasteiger partial charge is 0.452 e. The van der Waals surface area contributed by atoms with Crippen molar-refractivity contribution in [3.63, 3.8) is 0 Å². The average Bonchev–Trinajstić information content (AvgIpc) is 2.43. The van der Waals surface area contributed by atoms with E-state index in [2.05, 4.69) is 10.1 Å². The van der Waals surface area contributed by atoms with Crippen molar-refractivity contribution < 1.29 is 22.7 Å². The van der Waals surface area contributed by atoms with Gasteiger partial charge in [0.25, 0.3) is 0 Å². The molecule has 1 saturated heterocycles. The highest BCUT2D eigenvalue weighted by Gasteiger charge is 2.29. The van der Waals surface area contributed by atoms with Crippen LogP contribution < -0.4 is 10.0 Å². The van der Waals surface area contributed by atoms with Gasteiger partial charge in [0, 0.05) is 26.7 Å². The fraction of sp³-hybridized carbons (Fsp3) is 0.909. The highest BCUT2D eigenvalue weighted by atomic mass is 32.2. The summed E-state index contributed by atoms with van der Waals surface area (Å²) in [6.45, 7) is 3.11.